The van der Waals surface area contributed by atoms with Gasteiger partial charge in [-0.3, -0.25) is 4.79 Å². The molecule has 1 N–H and O–H groups in total. The Bertz CT molecular complexity index is 1060. The van der Waals surface area contributed by atoms with Crippen LogP contribution in [0.5, 0.6) is 0 Å². The molecule has 0 unspecified atom stereocenters. The third-order valence-corrected chi connectivity index (χ3v) is 5.47. The summed E-state index contributed by atoms with van der Waals surface area (Å²) in [5.41, 5.74) is 1.44. The number of pyridine rings is 1. The molecule has 26 heavy (non-hydrogen) atoms. The molecule has 0 spiro atoms. The Balaban J connectivity index is 2.12. The second-order valence-corrected chi connectivity index (χ2v) is 7.45. The van der Waals surface area contributed by atoms with Crippen LogP contribution in [-0.2, 0) is 21.1 Å². The summed E-state index contributed by atoms with van der Waals surface area (Å²) in [5, 5.41) is 8.78. The summed E-state index contributed by atoms with van der Waals surface area (Å²) in [5.74, 6) is -1.51. The van der Waals surface area contributed by atoms with Crippen molar-refractivity contribution in [1.82, 2.24) is 4.98 Å². The number of halogens is 1. The van der Waals surface area contributed by atoms with Crippen LogP contribution in [-0.4, -0.2) is 24.5 Å². The first-order valence-electron chi connectivity index (χ1n) is 7.65. The monoisotopic (exact) mass is 371 g/mol. The fourth-order valence-corrected chi connectivity index (χ4v) is 3.97. The Morgan fingerprint density at radius 3 is 2.46 bits per heavy atom. The predicted molar refractivity (Wildman–Crippen MR) is 92.9 cm³/mol. The molecule has 0 amide bonds. The fourth-order valence-electron chi connectivity index (χ4n) is 2.57. The topological polar surface area (TPSA) is 84.3 Å². The van der Waals surface area contributed by atoms with Crippen molar-refractivity contribution in [2.24, 2.45) is 0 Å². The van der Waals surface area contributed by atoms with Crippen molar-refractivity contribution < 1.29 is 22.7 Å². The molecule has 1 aromatic heterocycles. The van der Waals surface area contributed by atoms with Gasteiger partial charge in [0, 0.05) is 11.8 Å². The van der Waals surface area contributed by atoms with Gasteiger partial charge in [-0.05, 0) is 47.5 Å². The summed E-state index contributed by atoms with van der Waals surface area (Å²) >= 11 is 0. The molecule has 0 fully saturated rings. The molecule has 5 nitrogen and oxygen atoms in total. The van der Waals surface area contributed by atoms with Gasteiger partial charge in [0.1, 0.15) is 5.82 Å². The van der Waals surface area contributed by atoms with Crippen LogP contribution in [0.25, 0.3) is 11.1 Å². The number of carboxylic acid groups (broad SMARTS) is 1. The highest BCUT2D eigenvalue weighted by atomic mass is 32.2. The zero-order valence-electron chi connectivity index (χ0n) is 13.5. The minimum Gasteiger partial charge on any atom is -0.481 e. The Morgan fingerprint density at radius 1 is 1.04 bits per heavy atom. The molecule has 0 atom stereocenters. The number of carboxylic acids is 1. The van der Waals surface area contributed by atoms with Crippen LogP contribution in [0.3, 0.4) is 0 Å². The number of aliphatic carboxylic acids is 1. The van der Waals surface area contributed by atoms with Gasteiger partial charge in [0.2, 0.25) is 9.84 Å². The first-order valence-corrected chi connectivity index (χ1v) is 9.13. The minimum atomic E-state index is -3.96. The maximum Gasteiger partial charge on any atom is 0.307 e. The van der Waals surface area contributed by atoms with Crippen molar-refractivity contribution in [2.75, 3.05) is 0 Å². The summed E-state index contributed by atoms with van der Waals surface area (Å²) in [6, 6.07) is 14.3. The average Bonchev–Trinajstić information content (AvgIpc) is 2.62. The third kappa shape index (κ3) is 3.62. The van der Waals surface area contributed by atoms with E-state index in [0.717, 1.165) is 12.1 Å². The highest BCUT2D eigenvalue weighted by Crippen LogP contribution is 2.30. The standard InChI is InChI=1S/C19H14FNO4S/c20-15-6-8-16(9-7-15)26(24,25)19-17(5-2-10-21-19)14-4-1-3-13(11-14)12-18(22)23/h1-11H,12H2,(H,22,23). The molecule has 0 bridgehead atoms. The van der Waals surface area contributed by atoms with Gasteiger partial charge in [0.05, 0.1) is 11.3 Å². The lowest BCUT2D eigenvalue weighted by Gasteiger charge is -2.11. The zero-order valence-corrected chi connectivity index (χ0v) is 14.3. The van der Waals surface area contributed by atoms with Crippen molar-refractivity contribution in [2.45, 2.75) is 16.3 Å². The van der Waals surface area contributed by atoms with E-state index in [0.29, 0.717) is 16.7 Å². The SMILES string of the molecule is O=C(O)Cc1cccc(-c2cccnc2S(=O)(=O)c2ccc(F)cc2)c1. The van der Waals surface area contributed by atoms with E-state index in [-0.39, 0.29) is 16.3 Å². The van der Waals surface area contributed by atoms with Gasteiger partial charge in [-0.25, -0.2) is 17.8 Å². The number of sulfone groups is 1. The number of rotatable bonds is 5. The number of benzene rings is 2. The average molecular weight is 371 g/mol. The molecule has 0 aliphatic rings. The molecule has 0 saturated carbocycles. The first kappa shape index (κ1) is 17.8. The second-order valence-electron chi connectivity index (χ2n) is 5.58. The largest absolute Gasteiger partial charge is 0.481 e. The summed E-state index contributed by atoms with van der Waals surface area (Å²) in [6.45, 7) is 0. The van der Waals surface area contributed by atoms with E-state index in [1.165, 1.54) is 18.3 Å². The van der Waals surface area contributed by atoms with Crippen molar-refractivity contribution in [3.05, 3.63) is 78.2 Å². The van der Waals surface area contributed by atoms with Gasteiger partial charge in [-0.1, -0.05) is 24.3 Å². The lowest BCUT2D eigenvalue weighted by molar-refractivity contribution is -0.136. The van der Waals surface area contributed by atoms with E-state index in [9.17, 15) is 17.6 Å². The van der Waals surface area contributed by atoms with E-state index in [2.05, 4.69) is 4.98 Å². The van der Waals surface area contributed by atoms with Gasteiger partial charge >= 0.3 is 5.97 Å². The van der Waals surface area contributed by atoms with Crippen LogP contribution in [0.15, 0.2) is 76.8 Å². The quantitative estimate of drug-likeness (QED) is 0.696. The van der Waals surface area contributed by atoms with Crippen LogP contribution in [0.1, 0.15) is 5.56 Å². The van der Waals surface area contributed by atoms with Crippen LogP contribution in [0, 0.1) is 5.82 Å². The molecule has 3 rings (SSSR count). The Kier molecular flexibility index (Phi) is 4.81. The van der Waals surface area contributed by atoms with Gasteiger partial charge in [-0.15, -0.1) is 0 Å². The molecular formula is C19H14FNO4S. The highest BCUT2D eigenvalue weighted by molar-refractivity contribution is 7.91. The van der Waals surface area contributed by atoms with Crippen molar-refractivity contribution in [1.29, 1.82) is 0 Å². The molecule has 132 valence electrons. The third-order valence-electron chi connectivity index (χ3n) is 3.74. The molecule has 7 heteroatoms. The molecule has 0 radical (unpaired) electrons. The van der Waals surface area contributed by atoms with Crippen molar-refractivity contribution in [3.63, 3.8) is 0 Å². The predicted octanol–water partition coefficient (Wildman–Crippen LogP) is 3.35. The number of hydrogen-bond donors (Lipinski definition) is 1. The lowest BCUT2D eigenvalue weighted by Crippen LogP contribution is -2.07. The zero-order chi connectivity index (χ0) is 18.7. The normalized spacial score (nSPS) is 11.3. The molecule has 3 aromatic rings. The Morgan fingerprint density at radius 2 is 1.77 bits per heavy atom. The van der Waals surface area contributed by atoms with Crippen molar-refractivity contribution >= 4 is 15.8 Å². The number of nitrogens with zero attached hydrogens (tertiary/aromatic N) is 1. The number of hydrogen-bond acceptors (Lipinski definition) is 4. The van der Waals surface area contributed by atoms with Crippen LogP contribution < -0.4 is 0 Å². The molecule has 0 saturated heterocycles. The second kappa shape index (κ2) is 7.05. The molecule has 0 aliphatic heterocycles. The van der Waals surface area contributed by atoms with Gasteiger partial charge in [0.25, 0.3) is 0 Å². The molecule has 0 aliphatic carbocycles. The summed E-state index contributed by atoms with van der Waals surface area (Å²) < 4.78 is 39.0. The van der Waals surface area contributed by atoms with Gasteiger partial charge in [0.15, 0.2) is 5.03 Å². The van der Waals surface area contributed by atoms with Gasteiger partial charge < -0.3 is 5.11 Å². The smallest absolute Gasteiger partial charge is 0.307 e. The number of carbonyl (C=O) groups is 1. The van der Waals surface area contributed by atoms with E-state index in [4.69, 9.17) is 5.11 Å². The summed E-state index contributed by atoms with van der Waals surface area (Å²) in [6.07, 6.45) is 1.19. The minimum absolute atomic E-state index is 0.0689. The number of aromatic nitrogens is 1. The Labute approximate surface area is 149 Å². The van der Waals surface area contributed by atoms with E-state index < -0.39 is 21.6 Å². The van der Waals surface area contributed by atoms with E-state index in [1.807, 2.05) is 0 Å². The Hall–Kier alpha value is -3.06. The first-order chi connectivity index (χ1) is 12.4. The molecular weight excluding hydrogens is 357 g/mol. The maximum atomic E-state index is 13.1. The van der Waals surface area contributed by atoms with Crippen molar-refractivity contribution in [3.8, 4) is 11.1 Å². The molecule has 2 aromatic carbocycles. The summed E-state index contributed by atoms with van der Waals surface area (Å²) in [4.78, 5) is 14.9. The van der Waals surface area contributed by atoms with Crippen LogP contribution >= 0.6 is 0 Å². The highest BCUT2D eigenvalue weighted by Gasteiger charge is 2.23. The fraction of sp³-hybridized carbons (Fsp3) is 0.0526. The van der Waals surface area contributed by atoms with Crippen LogP contribution in [0.2, 0.25) is 0 Å². The van der Waals surface area contributed by atoms with Crippen LogP contribution in [0.4, 0.5) is 4.39 Å². The summed E-state index contributed by atoms with van der Waals surface area (Å²) in [7, 11) is -3.96. The molecule has 1 heterocycles. The maximum absolute atomic E-state index is 13.1. The van der Waals surface area contributed by atoms with E-state index >= 15 is 0 Å². The lowest BCUT2D eigenvalue weighted by atomic mass is 10.0. The van der Waals surface area contributed by atoms with E-state index in [1.54, 1.807) is 36.4 Å². The van der Waals surface area contributed by atoms with Gasteiger partial charge in [-0.2, -0.15) is 0 Å².